The molecule has 0 heterocycles. The molecule has 0 aliphatic rings. The summed E-state index contributed by atoms with van der Waals surface area (Å²) in [7, 11) is -2.61. The Kier molecular flexibility index (Phi) is 7.24. The zero-order valence-corrected chi connectivity index (χ0v) is 16.3. The monoisotopic (exact) mass is 408 g/mol. The standard InChI is InChI=1S/C19H21FN2O5S/c1-14-7-9-16(10-8-14)28(25,26)22(2)12-19(24)27-13-18(23)21-11-15-5-3-4-6-17(15)20/h3-10H,11-13H2,1-2H3,(H,21,23). The molecule has 0 atom stereocenters. The fraction of sp³-hybridized carbons (Fsp3) is 0.263. The summed E-state index contributed by atoms with van der Waals surface area (Å²) < 4.78 is 43.9. The molecule has 0 saturated carbocycles. The van der Waals surface area contributed by atoms with Crippen molar-refractivity contribution in [2.75, 3.05) is 20.2 Å². The maximum Gasteiger partial charge on any atom is 0.321 e. The summed E-state index contributed by atoms with van der Waals surface area (Å²) in [6.07, 6.45) is 0. The van der Waals surface area contributed by atoms with Crippen LogP contribution in [0.1, 0.15) is 11.1 Å². The van der Waals surface area contributed by atoms with Crippen molar-refractivity contribution in [2.24, 2.45) is 0 Å². The van der Waals surface area contributed by atoms with E-state index in [9.17, 15) is 22.4 Å². The second-order valence-corrected chi connectivity index (χ2v) is 8.15. The zero-order valence-electron chi connectivity index (χ0n) is 15.5. The number of benzene rings is 2. The number of amides is 1. The van der Waals surface area contributed by atoms with E-state index in [0.29, 0.717) is 5.56 Å². The summed E-state index contributed by atoms with van der Waals surface area (Å²) in [5.74, 6) is -1.96. The third-order valence-electron chi connectivity index (χ3n) is 3.88. The van der Waals surface area contributed by atoms with Gasteiger partial charge in [-0.15, -0.1) is 0 Å². The van der Waals surface area contributed by atoms with Crippen LogP contribution in [0.3, 0.4) is 0 Å². The molecule has 2 rings (SSSR count). The van der Waals surface area contributed by atoms with E-state index in [1.165, 1.54) is 37.4 Å². The Balaban J connectivity index is 1.82. The van der Waals surface area contributed by atoms with Crippen LogP contribution in [-0.4, -0.2) is 44.8 Å². The van der Waals surface area contributed by atoms with Gasteiger partial charge in [-0.25, -0.2) is 12.8 Å². The van der Waals surface area contributed by atoms with Crippen molar-refractivity contribution < 1.29 is 27.1 Å². The lowest BCUT2D eigenvalue weighted by molar-refractivity contribution is -0.148. The van der Waals surface area contributed by atoms with Crippen LogP contribution in [0.5, 0.6) is 0 Å². The van der Waals surface area contributed by atoms with E-state index < -0.39 is 40.9 Å². The zero-order chi connectivity index (χ0) is 20.7. The van der Waals surface area contributed by atoms with Crippen LogP contribution in [0.15, 0.2) is 53.4 Å². The number of sulfonamides is 1. The van der Waals surface area contributed by atoms with Gasteiger partial charge in [-0.2, -0.15) is 4.31 Å². The molecular weight excluding hydrogens is 387 g/mol. The van der Waals surface area contributed by atoms with Crippen molar-refractivity contribution in [3.8, 4) is 0 Å². The van der Waals surface area contributed by atoms with Gasteiger partial charge in [0, 0.05) is 19.2 Å². The molecule has 0 aliphatic carbocycles. The van der Waals surface area contributed by atoms with E-state index >= 15 is 0 Å². The molecule has 0 spiro atoms. The molecule has 2 aromatic rings. The highest BCUT2D eigenvalue weighted by molar-refractivity contribution is 7.89. The number of nitrogens with one attached hydrogen (secondary N) is 1. The minimum Gasteiger partial charge on any atom is -0.455 e. The average molecular weight is 408 g/mol. The van der Waals surface area contributed by atoms with Crippen molar-refractivity contribution in [1.29, 1.82) is 0 Å². The highest BCUT2D eigenvalue weighted by atomic mass is 32.2. The minimum atomic E-state index is -3.85. The van der Waals surface area contributed by atoms with Crippen LogP contribution in [0.2, 0.25) is 0 Å². The van der Waals surface area contributed by atoms with Crippen molar-refractivity contribution in [1.82, 2.24) is 9.62 Å². The highest BCUT2D eigenvalue weighted by Gasteiger charge is 2.23. The number of carbonyl (C=O) groups is 2. The van der Waals surface area contributed by atoms with E-state index in [0.717, 1.165) is 9.87 Å². The summed E-state index contributed by atoms with van der Waals surface area (Å²) in [6, 6.07) is 12.2. The Morgan fingerprint density at radius 3 is 2.39 bits per heavy atom. The lowest BCUT2D eigenvalue weighted by atomic mass is 10.2. The number of carbonyl (C=O) groups excluding carboxylic acids is 2. The van der Waals surface area contributed by atoms with Gasteiger partial charge in [-0.1, -0.05) is 35.9 Å². The molecule has 0 bridgehead atoms. The Morgan fingerprint density at radius 1 is 1.11 bits per heavy atom. The van der Waals surface area contributed by atoms with Gasteiger partial charge in [0.1, 0.15) is 12.4 Å². The Morgan fingerprint density at radius 2 is 1.75 bits per heavy atom. The van der Waals surface area contributed by atoms with Crippen LogP contribution in [-0.2, 0) is 30.9 Å². The summed E-state index contributed by atoms with van der Waals surface area (Å²) in [5.41, 5.74) is 1.20. The molecule has 0 unspecified atom stereocenters. The number of esters is 1. The maximum atomic E-state index is 13.5. The predicted molar refractivity (Wildman–Crippen MR) is 100 cm³/mol. The predicted octanol–water partition coefficient (Wildman–Crippen LogP) is 1.61. The quantitative estimate of drug-likeness (QED) is 0.670. The molecule has 0 saturated heterocycles. The van der Waals surface area contributed by atoms with Crippen LogP contribution in [0.4, 0.5) is 4.39 Å². The first-order valence-electron chi connectivity index (χ1n) is 8.39. The molecule has 0 aromatic heterocycles. The number of hydrogen-bond acceptors (Lipinski definition) is 5. The van der Waals surface area contributed by atoms with Crippen LogP contribution >= 0.6 is 0 Å². The average Bonchev–Trinajstić information content (AvgIpc) is 2.66. The normalized spacial score (nSPS) is 11.3. The lowest BCUT2D eigenvalue weighted by Crippen LogP contribution is -2.35. The van der Waals surface area contributed by atoms with Gasteiger partial charge < -0.3 is 10.1 Å². The van der Waals surface area contributed by atoms with Gasteiger partial charge in [-0.3, -0.25) is 9.59 Å². The molecule has 28 heavy (non-hydrogen) atoms. The van der Waals surface area contributed by atoms with E-state index in [1.807, 2.05) is 6.92 Å². The molecule has 2 aromatic carbocycles. The van der Waals surface area contributed by atoms with Crippen molar-refractivity contribution in [3.05, 3.63) is 65.5 Å². The fourth-order valence-electron chi connectivity index (χ4n) is 2.24. The van der Waals surface area contributed by atoms with Crippen molar-refractivity contribution in [2.45, 2.75) is 18.4 Å². The molecule has 0 radical (unpaired) electrons. The smallest absolute Gasteiger partial charge is 0.321 e. The molecule has 150 valence electrons. The number of hydrogen-bond donors (Lipinski definition) is 1. The number of halogens is 1. The third kappa shape index (κ3) is 5.86. The van der Waals surface area contributed by atoms with Crippen molar-refractivity contribution >= 4 is 21.9 Å². The van der Waals surface area contributed by atoms with Crippen LogP contribution in [0, 0.1) is 12.7 Å². The number of aryl methyl sites for hydroxylation is 1. The van der Waals surface area contributed by atoms with Crippen LogP contribution in [0.25, 0.3) is 0 Å². The van der Waals surface area contributed by atoms with Gasteiger partial charge in [0.25, 0.3) is 5.91 Å². The number of likely N-dealkylation sites (N-methyl/N-ethyl adjacent to an activating group) is 1. The molecule has 1 amide bonds. The van der Waals surface area contributed by atoms with E-state index in [-0.39, 0.29) is 11.4 Å². The number of nitrogens with zero attached hydrogens (tertiary/aromatic N) is 1. The van der Waals surface area contributed by atoms with Crippen LogP contribution < -0.4 is 5.32 Å². The van der Waals surface area contributed by atoms with Gasteiger partial charge >= 0.3 is 5.97 Å². The number of rotatable bonds is 8. The molecule has 0 fully saturated rings. The topological polar surface area (TPSA) is 92.8 Å². The first-order valence-corrected chi connectivity index (χ1v) is 9.83. The highest BCUT2D eigenvalue weighted by Crippen LogP contribution is 2.14. The van der Waals surface area contributed by atoms with Gasteiger partial charge in [-0.05, 0) is 25.1 Å². The van der Waals surface area contributed by atoms with Crippen molar-refractivity contribution in [3.63, 3.8) is 0 Å². The summed E-state index contributed by atoms with van der Waals surface area (Å²) in [6.45, 7) is 0.641. The SMILES string of the molecule is Cc1ccc(S(=O)(=O)N(C)CC(=O)OCC(=O)NCc2ccccc2F)cc1. The molecule has 9 heteroatoms. The minimum absolute atomic E-state index is 0.0508. The van der Waals surface area contributed by atoms with E-state index in [2.05, 4.69) is 5.32 Å². The maximum absolute atomic E-state index is 13.5. The largest absolute Gasteiger partial charge is 0.455 e. The molecular formula is C19H21FN2O5S. The second kappa shape index (κ2) is 9.43. The Labute approximate surface area is 163 Å². The molecule has 0 aliphatic heterocycles. The first-order chi connectivity index (χ1) is 13.2. The summed E-state index contributed by atoms with van der Waals surface area (Å²) in [5, 5.41) is 2.42. The summed E-state index contributed by atoms with van der Waals surface area (Å²) in [4.78, 5) is 23.6. The first kappa shape index (κ1) is 21.5. The van der Waals surface area contributed by atoms with Gasteiger partial charge in [0.2, 0.25) is 10.0 Å². The third-order valence-corrected chi connectivity index (χ3v) is 5.70. The Bertz CT molecular complexity index is 945. The molecule has 1 N–H and O–H groups in total. The second-order valence-electron chi connectivity index (χ2n) is 6.10. The number of ether oxygens (including phenoxy) is 1. The molecule has 7 nitrogen and oxygen atoms in total. The van der Waals surface area contributed by atoms with E-state index in [1.54, 1.807) is 18.2 Å². The van der Waals surface area contributed by atoms with E-state index in [4.69, 9.17) is 4.74 Å². The van der Waals surface area contributed by atoms with Gasteiger partial charge in [0.15, 0.2) is 6.61 Å². The lowest BCUT2D eigenvalue weighted by Gasteiger charge is -2.16. The fourth-order valence-corrected chi connectivity index (χ4v) is 3.35. The van der Waals surface area contributed by atoms with Gasteiger partial charge in [0.05, 0.1) is 4.90 Å². The summed E-state index contributed by atoms with van der Waals surface area (Å²) >= 11 is 0. The Hall–Kier alpha value is -2.78.